The van der Waals surface area contributed by atoms with Crippen molar-refractivity contribution in [3.63, 3.8) is 0 Å². The fourth-order valence-electron chi connectivity index (χ4n) is 2.46. The van der Waals surface area contributed by atoms with Crippen LogP contribution in [0.1, 0.15) is 21.5 Å². The Morgan fingerprint density at radius 1 is 1.19 bits per heavy atom. The molecule has 3 rings (SSSR count). The van der Waals surface area contributed by atoms with Crippen LogP contribution in [0, 0.1) is 0 Å². The van der Waals surface area contributed by atoms with E-state index in [0.717, 1.165) is 27.8 Å². The number of ether oxygens (including phenoxy) is 1. The molecule has 0 aromatic heterocycles. The lowest BCUT2D eigenvalue weighted by molar-refractivity contribution is 0.0991. The Balaban J connectivity index is 1.94. The lowest BCUT2D eigenvalue weighted by Gasteiger charge is -2.09. The standard InChI is InChI=1S/C16H11BrCl2O2/c17-14-2-1-11(18)8-13(14)15(20)7-10-6-12(19)5-9-3-4-21-16(9)10/h1-2,5-6,8H,3-4,7H2. The molecule has 0 radical (unpaired) electrons. The number of benzene rings is 2. The maximum Gasteiger partial charge on any atom is 0.168 e. The summed E-state index contributed by atoms with van der Waals surface area (Å²) in [6.07, 6.45) is 1.07. The third kappa shape index (κ3) is 3.10. The highest BCUT2D eigenvalue weighted by molar-refractivity contribution is 9.10. The van der Waals surface area contributed by atoms with Gasteiger partial charge in [0.25, 0.3) is 0 Å². The Morgan fingerprint density at radius 3 is 2.81 bits per heavy atom. The number of fused-ring (bicyclic) bond motifs is 1. The van der Waals surface area contributed by atoms with Crippen LogP contribution in [0.3, 0.4) is 0 Å². The number of carbonyl (C=O) groups is 1. The molecule has 0 bridgehead atoms. The molecule has 0 saturated carbocycles. The van der Waals surface area contributed by atoms with Gasteiger partial charge >= 0.3 is 0 Å². The van der Waals surface area contributed by atoms with E-state index in [1.54, 1.807) is 24.3 Å². The molecule has 2 aromatic carbocycles. The van der Waals surface area contributed by atoms with E-state index >= 15 is 0 Å². The van der Waals surface area contributed by atoms with E-state index in [1.165, 1.54) is 0 Å². The van der Waals surface area contributed by atoms with Gasteiger partial charge in [-0.1, -0.05) is 39.1 Å². The second-order valence-electron chi connectivity index (χ2n) is 4.88. The lowest BCUT2D eigenvalue weighted by Crippen LogP contribution is -2.06. The highest BCUT2D eigenvalue weighted by Gasteiger charge is 2.20. The first-order valence-corrected chi connectivity index (χ1v) is 8.02. The van der Waals surface area contributed by atoms with Crippen LogP contribution in [-0.4, -0.2) is 12.4 Å². The normalized spacial score (nSPS) is 12.9. The van der Waals surface area contributed by atoms with Gasteiger partial charge in [-0.15, -0.1) is 0 Å². The second kappa shape index (κ2) is 5.99. The van der Waals surface area contributed by atoms with Gasteiger partial charge in [0.05, 0.1) is 6.61 Å². The van der Waals surface area contributed by atoms with Crippen molar-refractivity contribution in [1.29, 1.82) is 0 Å². The third-order valence-electron chi connectivity index (χ3n) is 3.41. The molecule has 21 heavy (non-hydrogen) atoms. The Bertz CT molecular complexity index is 728. The quantitative estimate of drug-likeness (QED) is 0.685. The van der Waals surface area contributed by atoms with Gasteiger partial charge in [-0.25, -0.2) is 0 Å². The Morgan fingerprint density at radius 2 is 2.00 bits per heavy atom. The van der Waals surface area contributed by atoms with Gasteiger partial charge in [-0.3, -0.25) is 4.79 Å². The summed E-state index contributed by atoms with van der Waals surface area (Å²) in [7, 11) is 0. The first kappa shape index (κ1) is 14.9. The van der Waals surface area contributed by atoms with E-state index in [9.17, 15) is 4.79 Å². The van der Waals surface area contributed by atoms with Crippen LogP contribution in [0.4, 0.5) is 0 Å². The molecule has 108 valence electrons. The van der Waals surface area contributed by atoms with Gasteiger partial charge in [-0.05, 0) is 35.9 Å². The van der Waals surface area contributed by atoms with Crippen molar-refractivity contribution < 1.29 is 9.53 Å². The zero-order valence-electron chi connectivity index (χ0n) is 11.0. The molecule has 1 aliphatic heterocycles. The molecule has 0 unspecified atom stereocenters. The summed E-state index contributed by atoms with van der Waals surface area (Å²) in [4.78, 5) is 12.5. The third-order valence-corrected chi connectivity index (χ3v) is 4.55. The predicted molar refractivity (Wildman–Crippen MR) is 87.8 cm³/mol. The van der Waals surface area contributed by atoms with Crippen molar-refractivity contribution in [2.24, 2.45) is 0 Å². The molecule has 0 spiro atoms. The van der Waals surface area contributed by atoms with Crippen molar-refractivity contribution in [2.75, 3.05) is 6.61 Å². The van der Waals surface area contributed by atoms with E-state index in [2.05, 4.69) is 15.9 Å². The van der Waals surface area contributed by atoms with Gasteiger partial charge in [0, 0.05) is 38.5 Å². The van der Waals surface area contributed by atoms with Crippen LogP contribution in [0.5, 0.6) is 5.75 Å². The van der Waals surface area contributed by atoms with Crippen molar-refractivity contribution in [2.45, 2.75) is 12.8 Å². The molecule has 0 amide bonds. The molecular formula is C16H11BrCl2O2. The largest absolute Gasteiger partial charge is 0.493 e. The summed E-state index contributed by atoms with van der Waals surface area (Å²) in [5, 5.41) is 1.17. The minimum absolute atomic E-state index is 0.0238. The maximum absolute atomic E-state index is 12.5. The lowest BCUT2D eigenvalue weighted by atomic mass is 10.00. The number of ketones is 1. The fourth-order valence-corrected chi connectivity index (χ4v) is 3.36. The van der Waals surface area contributed by atoms with Gasteiger partial charge in [0.1, 0.15) is 5.75 Å². The van der Waals surface area contributed by atoms with E-state index in [4.69, 9.17) is 27.9 Å². The summed E-state index contributed by atoms with van der Waals surface area (Å²) in [5.74, 6) is 0.773. The summed E-state index contributed by atoms with van der Waals surface area (Å²) in [6, 6.07) is 8.87. The first-order chi connectivity index (χ1) is 10.0. The smallest absolute Gasteiger partial charge is 0.168 e. The Kier molecular flexibility index (Phi) is 4.25. The minimum atomic E-state index is -0.0238. The topological polar surface area (TPSA) is 26.3 Å². The molecule has 2 aromatic rings. The van der Waals surface area contributed by atoms with Crippen molar-refractivity contribution >= 4 is 44.9 Å². The molecule has 0 atom stereocenters. The SMILES string of the molecule is O=C(Cc1cc(Cl)cc2c1OCC2)c1cc(Cl)ccc1Br. The summed E-state index contributed by atoms with van der Waals surface area (Å²) in [5.41, 5.74) is 2.46. The van der Waals surface area contributed by atoms with Crippen molar-refractivity contribution in [3.05, 3.63) is 61.5 Å². The van der Waals surface area contributed by atoms with Crippen LogP contribution < -0.4 is 4.74 Å². The van der Waals surface area contributed by atoms with Crippen LogP contribution in [0.25, 0.3) is 0 Å². The Labute approximate surface area is 141 Å². The number of hydrogen-bond donors (Lipinski definition) is 0. The van der Waals surface area contributed by atoms with Crippen molar-refractivity contribution in [3.8, 4) is 5.75 Å². The highest BCUT2D eigenvalue weighted by atomic mass is 79.9. The van der Waals surface area contributed by atoms with E-state index in [-0.39, 0.29) is 12.2 Å². The molecule has 5 heteroatoms. The monoisotopic (exact) mass is 384 g/mol. The van der Waals surface area contributed by atoms with Gasteiger partial charge < -0.3 is 4.74 Å². The van der Waals surface area contributed by atoms with Gasteiger partial charge in [0.2, 0.25) is 0 Å². The number of Topliss-reactive ketones (excluding diaryl/α,β-unsaturated/α-hetero) is 1. The van der Waals surface area contributed by atoms with E-state index in [1.807, 2.05) is 6.07 Å². The minimum Gasteiger partial charge on any atom is -0.493 e. The summed E-state index contributed by atoms with van der Waals surface area (Å²) in [6.45, 7) is 0.637. The van der Waals surface area contributed by atoms with Crippen LogP contribution >= 0.6 is 39.1 Å². The summed E-state index contributed by atoms with van der Waals surface area (Å²) >= 11 is 15.5. The number of halogens is 3. The average Bonchev–Trinajstić information content (AvgIpc) is 2.89. The molecule has 1 heterocycles. The predicted octanol–water partition coefficient (Wildman–Crippen LogP) is 5.12. The zero-order chi connectivity index (χ0) is 15.0. The second-order valence-corrected chi connectivity index (χ2v) is 6.60. The first-order valence-electron chi connectivity index (χ1n) is 6.47. The molecule has 1 aliphatic rings. The maximum atomic E-state index is 12.5. The number of carbonyl (C=O) groups excluding carboxylic acids is 1. The zero-order valence-corrected chi connectivity index (χ0v) is 14.1. The molecule has 0 fully saturated rings. The van der Waals surface area contributed by atoms with Crippen LogP contribution in [-0.2, 0) is 12.8 Å². The highest BCUT2D eigenvalue weighted by Crippen LogP contribution is 2.34. The molecular weight excluding hydrogens is 375 g/mol. The number of rotatable bonds is 3. The molecule has 2 nitrogen and oxygen atoms in total. The van der Waals surface area contributed by atoms with Gasteiger partial charge in [-0.2, -0.15) is 0 Å². The molecule has 0 N–H and O–H groups in total. The molecule has 0 saturated heterocycles. The molecule has 0 aliphatic carbocycles. The Hall–Kier alpha value is -1.03. The van der Waals surface area contributed by atoms with E-state index < -0.39 is 0 Å². The summed E-state index contributed by atoms with van der Waals surface area (Å²) < 4.78 is 6.36. The van der Waals surface area contributed by atoms with E-state index in [0.29, 0.717) is 22.2 Å². The number of hydrogen-bond acceptors (Lipinski definition) is 2. The van der Waals surface area contributed by atoms with Crippen molar-refractivity contribution in [1.82, 2.24) is 0 Å². The van der Waals surface area contributed by atoms with Crippen LogP contribution in [0.2, 0.25) is 10.0 Å². The van der Waals surface area contributed by atoms with Crippen LogP contribution in [0.15, 0.2) is 34.8 Å². The average molecular weight is 386 g/mol. The van der Waals surface area contributed by atoms with Gasteiger partial charge in [0.15, 0.2) is 5.78 Å². The fraction of sp³-hybridized carbons (Fsp3) is 0.188.